The van der Waals surface area contributed by atoms with E-state index in [1.54, 1.807) is 4.31 Å². The van der Waals surface area contributed by atoms with Gasteiger partial charge in [0.25, 0.3) is 0 Å². The number of hydrogen-bond donors (Lipinski definition) is 0. The van der Waals surface area contributed by atoms with Crippen LogP contribution in [0, 0.1) is 0 Å². The van der Waals surface area contributed by atoms with Crippen molar-refractivity contribution < 1.29 is 13.2 Å². The molecule has 0 amide bonds. The smallest absolute Gasteiger partial charge is 0.214 e. The van der Waals surface area contributed by atoms with Crippen molar-refractivity contribution in [3.63, 3.8) is 0 Å². The highest BCUT2D eigenvalue weighted by atomic mass is 35.5. The highest BCUT2D eigenvalue weighted by Crippen LogP contribution is 2.36. The molecule has 2 heterocycles. The Morgan fingerprint density at radius 2 is 2.00 bits per heavy atom. The monoisotopic (exact) mass is 329 g/mol. The summed E-state index contributed by atoms with van der Waals surface area (Å²) in [6, 6.07) is 7.42. The van der Waals surface area contributed by atoms with Gasteiger partial charge in [-0.3, -0.25) is 0 Å². The van der Waals surface area contributed by atoms with Crippen LogP contribution in [-0.2, 0) is 14.8 Å². The van der Waals surface area contributed by atoms with Crippen LogP contribution >= 0.6 is 11.6 Å². The molecule has 0 saturated carbocycles. The van der Waals surface area contributed by atoms with E-state index in [4.69, 9.17) is 16.3 Å². The lowest BCUT2D eigenvalue weighted by Crippen LogP contribution is -2.46. The minimum absolute atomic E-state index is 0.0308. The molecule has 1 aromatic carbocycles. The van der Waals surface area contributed by atoms with Gasteiger partial charge in [-0.25, -0.2) is 8.42 Å². The Morgan fingerprint density at radius 3 is 2.57 bits per heavy atom. The van der Waals surface area contributed by atoms with Crippen molar-refractivity contribution >= 4 is 21.6 Å². The summed E-state index contributed by atoms with van der Waals surface area (Å²) in [4.78, 5) is 0. The normalized spacial score (nSPS) is 26.7. The second kappa shape index (κ2) is 6.24. The van der Waals surface area contributed by atoms with E-state index < -0.39 is 10.0 Å². The molecule has 0 spiro atoms. The molecule has 0 bridgehead atoms. The van der Waals surface area contributed by atoms with E-state index in [-0.39, 0.29) is 17.9 Å². The summed E-state index contributed by atoms with van der Waals surface area (Å²) in [7, 11) is -3.20. The molecule has 6 heteroatoms. The van der Waals surface area contributed by atoms with Gasteiger partial charge in [0.1, 0.15) is 0 Å². The predicted molar refractivity (Wildman–Crippen MR) is 82.9 cm³/mol. The average molecular weight is 330 g/mol. The summed E-state index contributed by atoms with van der Waals surface area (Å²) < 4.78 is 32.1. The molecular formula is C15H20ClNO3S. The highest BCUT2D eigenvalue weighted by Gasteiger charge is 2.38. The summed E-state index contributed by atoms with van der Waals surface area (Å²) in [5.74, 6) is 0.182. The molecule has 116 valence electrons. The fraction of sp³-hybridized carbons (Fsp3) is 0.600. The SMILES string of the molecule is O=S(=O)(CC[C@@H]1CCCO1)N1CC[C@@H]1c1ccc(Cl)cc1. The van der Waals surface area contributed by atoms with E-state index in [0.717, 1.165) is 31.4 Å². The van der Waals surface area contributed by atoms with Crippen molar-refractivity contribution in [2.24, 2.45) is 0 Å². The van der Waals surface area contributed by atoms with Crippen LogP contribution < -0.4 is 0 Å². The molecular weight excluding hydrogens is 310 g/mol. The standard InChI is InChI=1S/C15H20ClNO3S/c16-13-5-3-12(4-6-13)15-7-9-17(15)21(18,19)11-8-14-2-1-10-20-14/h3-6,14-15H,1-2,7-11H2/t14-,15+/m0/s1. The summed E-state index contributed by atoms with van der Waals surface area (Å²) >= 11 is 5.88. The Balaban J connectivity index is 1.63. The molecule has 4 nitrogen and oxygen atoms in total. The fourth-order valence-corrected chi connectivity index (χ4v) is 4.90. The topological polar surface area (TPSA) is 46.6 Å². The lowest BCUT2D eigenvalue weighted by molar-refractivity contribution is 0.108. The third-order valence-electron chi connectivity index (χ3n) is 4.30. The van der Waals surface area contributed by atoms with Gasteiger partial charge in [0, 0.05) is 18.2 Å². The molecule has 2 fully saturated rings. The van der Waals surface area contributed by atoms with E-state index in [9.17, 15) is 8.42 Å². The first-order valence-corrected chi connectivity index (χ1v) is 9.41. The number of rotatable bonds is 5. The number of sulfonamides is 1. The molecule has 21 heavy (non-hydrogen) atoms. The van der Waals surface area contributed by atoms with E-state index in [2.05, 4.69) is 0 Å². The second-order valence-electron chi connectivity index (χ2n) is 5.71. The Kier molecular flexibility index (Phi) is 4.54. The second-order valence-corrected chi connectivity index (χ2v) is 8.18. The van der Waals surface area contributed by atoms with Gasteiger partial charge >= 0.3 is 0 Å². The van der Waals surface area contributed by atoms with Gasteiger partial charge < -0.3 is 4.74 Å². The van der Waals surface area contributed by atoms with Crippen LogP contribution in [0.25, 0.3) is 0 Å². The van der Waals surface area contributed by atoms with Gasteiger partial charge in [-0.1, -0.05) is 23.7 Å². The zero-order valence-corrected chi connectivity index (χ0v) is 13.4. The Hall–Kier alpha value is -0.620. The lowest BCUT2D eigenvalue weighted by atomic mass is 9.98. The molecule has 0 N–H and O–H groups in total. The lowest BCUT2D eigenvalue weighted by Gasteiger charge is -2.40. The molecule has 0 unspecified atom stereocenters. The summed E-state index contributed by atoms with van der Waals surface area (Å²) in [6.07, 6.45) is 3.63. The zero-order chi connectivity index (χ0) is 14.9. The third kappa shape index (κ3) is 3.42. The van der Waals surface area contributed by atoms with Gasteiger partial charge in [0.15, 0.2) is 0 Å². The molecule has 0 radical (unpaired) electrons. The van der Waals surface area contributed by atoms with Gasteiger partial charge in [0.05, 0.1) is 17.9 Å². The van der Waals surface area contributed by atoms with Crippen molar-refractivity contribution in [2.75, 3.05) is 18.9 Å². The van der Waals surface area contributed by atoms with Crippen LogP contribution in [0.15, 0.2) is 24.3 Å². The first-order valence-electron chi connectivity index (χ1n) is 7.43. The van der Waals surface area contributed by atoms with E-state index >= 15 is 0 Å². The number of ether oxygens (including phenoxy) is 1. The van der Waals surface area contributed by atoms with Crippen LogP contribution in [0.3, 0.4) is 0 Å². The minimum Gasteiger partial charge on any atom is -0.378 e. The van der Waals surface area contributed by atoms with E-state index in [1.165, 1.54) is 0 Å². The van der Waals surface area contributed by atoms with Crippen LogP contribution in [0.4, 0.5) is 0 Å². The molecule has 1 aromatic rings. The first kappa shape index (κ1) is 15.3. The molecule has 2 saturated heterocycles. The number of benzene rings is 1. The Labute approximate surface area is 131 Å². The van der Waals surface area contributed by atoms with Crippen molar-refractivity contribution in [2.45, 2.75) is 37.8 Å². The zero-order valence-electron chi connectivity index (χ0n) is 11.9. The minimum atomic E-state index is -3.20. The van der Waals surface area contributed by atoms with Gasteiger partial charge in [0.2, 0.25) is 10.0 Å². The van der Waals surface area contributed by atoms with E-state index in [0.29, 0.717) is 18.0 Å². The van der Waals surface area contributed by atoms with Crippen molar-refractivity contribution in [1.82, 2.24) is 4.31 Å². The van der Waals surface area contributed by atoms with E-state index in [1.807, 2.05) is 24.3 Å². The largest absolute Gasteiger partial charge is 0.378 e. The molecule has 0 aliphatic carbocycles. The van der Waals surface area contributed by atoms with Gasteiger partial charge in [-0.15, -0.1) is 0 Å². The van der Waals surface area contributed by atoms with Crippen molar-refractivity contribution in [1.29, 1.82) is 0 Å². The first-order chi connectivity index (χ1) is 10.1. The molecule has 2 atom stereocenters. The Bertz CT molecular complexity index is 581. The summed E-state index contributed by atoms with van der Waals surface area (Å²) in [5.41, 5.74) is 1.02. The number of halogens is 1. The molecule has 3 rings (SSSR count). The molecule has 2 aliphatic heterocycles. The van der Waals surface area contributed by atoms with Crippen LogP contribution in [0.5, 0.6) is 0 Å². The number of hydrogen-bond acceptors (Lipinski definition) is 3. The maximum absolute atomic E-state index is 12.5. The Morgan fingerprint density at radius 1 is 1.24 bits per heavy atom. The third-order valence-corrected chi connectivity index (χ3v) is 6.46. The number of nitrogens with zero attached hydrogens (tertiary/aromatic N) is 1. The predicted octanol–water partition coefficient (Wildman–Crippen LogP) is 2.99. The maximum Gasteiger partial charge on any atom is 0.214 e. The molecule has 2 aliphatic rings. The highest BCUT2D eigenvalue weighted by molar-refractivity contribution is 7.89. The van der Waals surface area contributed by atoms with Crippen molar-refractivity contribution in [3.05, 3.63) is 34.9 Å². The van der Waals surface area contributed by atoms with Gasteiger partial charge in [-0.05, 0) is 43.4 Å². The fourth-order valence-electron chi connectivity index (χ4n) is 2.98. The summed E-state index contributed by atoms with van der Waals surface area (Å²) in [5, 5.41) is 0.672. The maximum atomic E-state index is 12.5. The van der Waals surface area contributed by atoms with Crippen LogP contribution in [0.2, 0.25) is 5.02 Å². The van der Waals surface area contributed by atoms with Crippen LogP contribution in [-0.4, -0.2) is 37.7 Å². The van der Waals surface area contributed by atoms with Crippen molar-refractivity contribution in [3.8, 4) is 0 Å². The quantitative estimate of drug-likeness (QED) is 0.834. The van der Waals surface area contributed by atoms with Gasteiger partial charge in [-0.2, -0.15) is 4.31 Å². The van der Waals surface area contributed by atoms with Crippen LogP contribution in [0.1, 0.15) is 37.3 Å². The molecule has 0 aromatic heterocycles. The summed E-state index contributed by atoms with van der Waals surface area (Å²) in [6.45, 7) is 1.38. The average Bonchev–Trinajstić information content (AvgIpc) is 2.90.